The third-order valence-corrected chi connectivity index (χ3v) is 3.13. The maximum Gasteiger partial charge on any atom is 0.337 e. The fourth-order valence-corrected chi connectivity index (χ4v) is 2.16. The van der Waals surface area contributed by atoms with Crippen LogP contribution < -0.4 is 11.1 Å². The number of thiophene rings is 1. The molecule has 0 unspecified atom stereocenters. The highest BCUT2D eigenvalue weighted by Crippen LogP contribution is 2.23. The molecule has 0 amide bonds. The Bertz CT molecular complexity index is 523. The largest absolute Gasteiger partial charge is 0.478 e. The van der Waals surface area contributed by atoms with Gasteiger partial charge < -0.3 is 16.2 Å². The molecule has 0 fully saturated rings. The van der Waals surface area contributed by atoms with E-state index in [1.165, 1.54) is 6.07 Å². The Balaban J connectivity index is 2.16. The van der Waals surface area contributed by atoms with Crippen LogP contribution in [0.25, 0.3) is 0 Å². The zero-order valence-electron chi connectivity index (χ0n) is 9.01. The van der Waals surface area contributed by atoms with Gasteiger partial charge in [0.05, 0.1) is 16.9 Å². The molecule has 5 heteroatoms. The van der Waals surface area contributed by atoms with Gasteiger partial charge in [0.1, 0.15) is 0 Å². The third-order valence-electron chi connectivity index (χ3n) is 2.40. The minimum absolute atomic E-state index is 0.125. The normalized spacial score (nSPS) is 10.1. The maximum atomic E-state index is 10.9. The Morgan fingerprint density at radius 3 is 2.88 bits per heavy atom. The summed E-state index contributed by atoms with van der Waals surface area (Å²) < 4.78 is 0. The van der Waals surface area contributed by atoms with Gasteiger partial charge >= 0.3 is 5.97 Å². The minimum Gasteiger partial charge on any atom is -0.478 e. The molecule has 2 aromatic rings. The molecule has 1 aromatic heterocycles. The van der Waals surface area contributed by atoms with Gasteiger partial charge in [-0.25, -0.2) is 4.79 Å². The van der Waals surface area contributed by atoms with Crippen molar-refractivity contribution in [3.05, 3.63) is 46.2 Å². The lowest BCUT2D eigenvalue weighted by atomic mass is 10.1. The van der Waals surface area contributed by atoms with E-state index in [1.54, 1.807) is 23.5 Å². The van der Waals surface area contributed by atoms with Crippen LogP contribution in [-0.2, 0) is 6.54 Å². The van der Waals surface area contributed by atoms with Gasteiger partial charge in [-0.15, -0.1) is 0 Å². The van der Waals surface area contributed by atoms with E-state index in [9.17, 15) is 4.79 Å². The second kappa shape index (κ2) is 4.88. The molecule has 0 aliphatic rings. The van der Waals surface area contributed by atoms with Crippen molar-refractivity contribution in [3.63, 3.8) is 0 Å². The average molecular weight is 248 g/mol. The molecule has 17 heavy (non-hydrogen) atoms. The highest BCUT2D eigenvalue weighted by atomic mass is 32.1. The Morgan fingerprint density at radius 1 is 1.41 bits per heavy atom. The van der Waals surface area contributed by atoms with Crippen molar-refractivity contribution in [2.24, 2.45) is 0 Å². The van der Waals surface area contributed by atoms with Gasteiger partial charge in [-0.2, -0.15) is 11.3 Å². The molecule has 2 rings (SSSR count). The molecule has 0 aliphatic heterocycles. The summed E-state index contributed by atoms with van der Waals surface area (Å²) in [5.74, 6) is -1.01. The highest BCUT2D eigenvalue weighted by Gasteiger charge is 2.10. The molecule has 0 spiro atoms. The topological polar surface area (TPSA) is 75.3 Å². The van der Waals surface area contributed by atoms with E-state index >= 15 is 0 Å². The molecule has 1 aromatic carbocycles. The number of carbonyl (C=O) groups is 1. The molecular weight excluding hydrogens is 236 g/mol. The molecule has 88 valence electrons. The molecule has 0 aliphatic carbocycles. The lowest BCUT2D eigenvalue weighted by Gasteiger charge is -2.10. The summed E-state index contributed by atoms with van der Waals surface area (Å²) in [5, 5.41) is 16.1. The van der Waals surface area contributed by atoms with Crippen LogP contribution in [0.5, 0.6) is 0 Å². The first-order valence-electron chi connectivity index (χ1n) is 5.05. The van der Waals surface area contributed by atoms with Crippen LogP contribution >= 0.6 is 11.3 Å². The second-order valence-corrected chi connectivity index (χ2v) is 4.34. The van der Waals surface area contributed by atoms with Crippen molar-refractivity contribution in [1.29, 1.82) is 0 Å². The van der Waals surface area contributed by atoms with Gasteiger partial charge in [0.15, 0.2) is 0 Å². The molecule has 0 bridgehead atoms. The number of para-hydroxylation sites is 1. The van der Waals surface area contributed by atoms with Gasteiger partial charge in [-0.1, -0.05) is 6.07 Å². The number of nitrogens with one attached hydrogen (secondary N) is 1. The van der Waals surface area contributed by atoms with E-state index in [4.69, 9.17) is 10.8 Å². The monoisotopic (exact) mass is 248 g/mol. The Hall–Kier alpha value is -2.01. The predicted molar refractivity (Wildman–Crippen MR) is 69.5 cm³/mol. The van der Waals surface area contributed by atoms with Crippen molar-refractivity contribution in [2.75, 3.05) is 11.1 Å². The summed E-state index contributed by atoms with van der Waals surface area (Å²) in [5.41, 5.74) is 7.98. The molecule has 0 radical (unpaired) electrons. The van der Waals surface area contributed by atoms with Crippen LogP contribution in [0.15, 0.2) is 35.0 Å². The average Bonchev–Trinajstić information content (AvgIpc) is 2.80. The van der Waals surface area contributed by atoms with Gasteiger partial charge in [-0.05, 0) is 34.5 Å². The fourth-order valence-electron chi connectivity index (χ4n) is 1.50. The lowest BCUT2D eigenvalue weighted by molar-refractivity contribution is 0.0698. The van der Waals surface area contributed by atoms with Gasteiger partial charge in [0.25, 0.3) is 0 Å². The first-order valence-corrected chi connectivity index (χ1v) is 5.99. The predicted octanol–water partition coefficient (Wildman–Crippen LogP) is 2.64. The summed E-state index contributed by atoms with van der Waals surface area (Å²) in [7, 11) is 0. The SMILES string of the molecule is Nc1c(NCc2ccsc2)cccc1C(=O)O. The number of hydrogen-bond donors (Lipinski definition) is 3. The van der Waals surface area contributed by atoms with Gasteiger partial charge in [-0.3, -0.25) is 0 Å². The lowest BCUT2D eigenvalue weighted by Crippen LogP contribution is -2.07. The minimum atomic E-state index is -1.01. The van der Waals surface area contributed by atoms with Crippen molar-refractivity contribution in [1.82, 2.24) is 0 Å². The smallest absolute Gasteiger partial charge is 0.337 e. The van der Waals surface area contributed by atoms with Crippen LogP contribution in [0.4, 0.5) is 11.4 Å². The summed E-state index contributed by atoms with van der Waals surface area (Å²) in [4.78, 5) is 10.9. The highest BCUT2D eigenvalue weighted by molar-refractivity contribution is 7.07. The van der Waals surface area contributed by atoms with E-state index in [-0.39, 0.29) is 11.3 Å². The maximum absolute atomic E-state index is 10.9. The number of carboxylic acid groups (broad SMARTS) is 1. The molecule has 4 N–H and O–H groups in total. The van der Waals surface area contributed by atoms with E-state index in [2.05, 4.69) is 5.32 Å². The van der Waals surface area contributed by atoms with Crippen LogP contribution in [0.3, 0.4) is 0 Å². The standard InChI is InChI=1S/C12H12N2O2S/c13-11-9(12(15)16)2-1-3-10(11)14-6-8-4-5-17-7-8/h1-5,7,14H,6,13H2,(H,15,16). The number of rotatable bonds is 4. The van der Waals surface area contributed by atoms with Crippen LogP contribution in [-0.4, -0.2) is 11.1 Å². The van der Waals surface area contributed by atoms with Crippen molar-refractivity contribution < 1.29 is 9.90 Å². The summed E-state index contributed by atoms with van der Waals surface area (Å²) in [6, 6.07) is 6.95. The molecular formula is C12H12N2O2S. The second-order valence-electron chi connectivity index (χ2n) is 3.56. The first-order chi connectivity index (χ1) is 8.18. The number of carboxylic acids is 1. The number of nitrogens with two attached hydrogens (primary N) is 1. The molecule has 0 saturated heterocycles. The number of aromatic carboxylic acids is 1. The fraction of sp³-hybridized carbons (Fsp3) is 0.0833. The molecule has 4 nitrogen and oxygen atoms in total. The number of anilines is 2. The number of nitrogen functional groups attached to an aromatic ring is 1. The molecule has 0 atom stereocenters. The Labute approximate surface area is 103 Å². The van der Waals surface area contributed by atoms with E-state index in [0.29, 0.717) is 12.2 Å². The Morgan fingerprint density at radius 2 is 2.24 bits per heavy atom. The summed E-state index contributed by atoms with van der Waals surface area (Å²) >= 11 is 1.62. The number of hydrogen-bond acceptors (Lipinski definition) is 4. The van der Waals surface area contributed by atoms with Crippen LogP contribution in [0.2, 0.25) is 0 Å². The zero-order valence-corrected chi connectivity index (χ0v) is 9.83. The summed E-state index contributed by atoms with van der Waals surface area (Å²) in [6.45, 7) is 0.636. The third kappa shape index (κ3) is 2.57. The first kappa shape index (κ1) is 11.5. The van der Waals surface area contributed by atoms with Crippen molar-refractivity contribution in [2.45, 2.75) is 6.54 Å². The van der Waals surface area contributed by atoms with E-state index in [1.807, 2.05) is 16.8 Å². The quantitative estimate of drug-likeness (QED) is 0.727. The van der Waals surface area contributed by atoms with Crippen LogP contribution in [0, 0.1) is 0 Å². The summed E-state index contributed by atoms with van der Waals surface area (Å²) in [6.07, 6.45) is 0. The molecule has 1 heterocycles. The van der Waals surface area contributed by atoms with E-state index < -0.39 is 5.97 Å². The van der Waals surface area contributed by atoms with E-state index in [0.717, 1.165) is 5.56 Å². The van der Waals surface area contributed by atoms with Gasteiger partial charge in [0, 0.05) is 6.54 Å². The van der Waals surface area contributed by atoms with Crippen molar-refractivity contribution in [3.8, 4) is 0 Å². The van der Waals surface area contributed by atoms with Gasteiger partial charge in [0.2, 0.25) is 0 Å². The zero-order chi connectivity index (χ0) is 12.3. The number of benzene rings is 1. The Kier molecular flexibility index (Phi) is 3.30. The molecule has 0 saturated carbocycles. The van der Waals surface area contributed by atoms with Crippen LogP contribution in [0.1, 0.15) is 15.9 Å². The van der Waals surface area contributed by atoms with Crippen molar-refractivity contribution >= 4 is 28.7 Å².